The molecular weight excluding hydrogens is 350 g/mol. The lowest BCUT2D eigenvalue weighted by atomic mass is 10.0. The first kappa shape index (κ1) is 18.4. The molecule has 0 bridgehead atoms. The Hall–Kier alpha value is -3.35. The Bertz CT molecular complexity index is 934. The van der Waals surface area contributed by atoms with E-state index in [-0.39, 0.29) is 23.8 Å². The highest BCUT2D eigenvalue weighted by molar-refractivity contribution is 6.05. The maximum Gasteiger partial charge on any atom is 0.338 e. The van der Waals surface area contributed by atoms with Crippen LogP contribution in [0.4, 0.5) is 5.69 Å². The third-order valence-electron chi connectivity index (χ3n) is 4.33. The van der Waals surface area contributed by atoms with Gasteiger partial charge in [0, 0.05) is 11.6 Å². The van der Waals surface area contributed by atoms with Gasteiger partial charge < -0.3 is 19.5 Å². The maximum atomic E-state index is 12.2. The van der Waals surface area contributed by atoms with Crippen molar-refractivity contribution in [3.05, 3.63) is 52.6 Å². The van der Waals surface area contributed by atoms with Gasteiger partial charge in [0.25, 0.3) is 5.91 Å². The lowest BCUT2D eigenvalue weighted by molar-refractivity contribution is -0.119. The minimum absolute atomic E-state index is 0.0531. The number of nitrogens with one attached hydrogen (secondary N) is 1. The van der Waals surface area contributed by atoms with Gasteiger partial charge in [0.2, 0.25) is 6.79 Å². The van der Waals surface area contributed by atoms with Crippen LogP contribution < -0.4 is 14.8 Å². The van der Waals surface area contributed by atoms with Crippen LogP contribution in [0, 0.1) is 13.8 Å². The van der Waals surface area contributed by atoms with Gasteiger partial charge in [-0.05, 0) is 44.0 Å². The van der Waals surface area contributed by atoms with Gasteiger partial charge in [0.1, 0.15) is 0 Å². The van der Waals surface area contributed by atoms with Crippen molar-refractivity contribution in [2.24, 2.45) is 0 Å². The Morgan fingerprint density at radius 2 is 1.78 bits per heavy atom. The SMILES string of the molecule is CC(=O)c1cc2c(cc1NC(=O)COC(=O)c1cccc(C)c1C)OCO2. The van der Waals surface area contributed by atoms with E-state index < -0.39 is 18.5 Å². The van der Waals surface area contributed by atoms with E-state index in [1.165, 1.54) is 19.1 Å². The molecule has 2 aromatic rings. The number of carbonyl (C=O) groups is 3. The molecule has 0 atom stereocenters. The second-order valence-electron chi connectivity index (χ2n) is 6.18. The molecule has 1 aliphatic heterocycles. The number of ether oxygens (including phenoxy) is 3. The summed E-state index contributed by atoms with van der Waals surface area (Å²) in [7, 11) is 0. The van der Waals surface area contributed by atoms with Crippen molar-refractivity contribution < 1.29 is 28.6 Å². The summed E-state index contributed by atoms with van der Waals surface area (Å²) in [6.45, 7) is 4.67. The number of ketones is 1. The van der Waals surface area contributed by atoms with Gasteiger partial charge in [0.05, 0.1) is 11.3 Å². The fourth-order valence-corrected chi connectivity index (χ4v) is 2.70. The summed E-state index contributed by atoms with van der Waals surface area (Å²) >= 11 is 0. The van der Waals surface area contributed by atoms with Crippen LogP contribution >= 0.6 is 0 Å². The van der Waals surface area contributed by atoms with Crippen molar-refractivity contribution in [2.45, 2.75) is 20.8 Å². The molecule has 0 unspecified atom stereocenters. The molecule has 7 nitrogen and oxygen atoms in total. The van der Waals surface area contributed by atoms with E-state index in [0.29, 0.717) is 17.1 Å². The van der Waals surface area contributed by atoms with Crippen LogP contribution in [-0.2, 0) is 9.53 Å². The van der Waals surface area contributed by atoms with Crippen LogP contribution in [0.25, 0.3) is 0 Å². The first-order valence-corrected chi connectivity index (χ1v) is 8.34. The van der Waals surface area contributed by atoms with Crippen LogP contribution in [0.15, 0.2) is 30.3 Å². The third kappa shape index (κ3) is 3.92. The molecule has 0 aromatic heterocycles. The molecule has 7 heteroatoms. The minimum Gasteiger partial charge on any atom is -0.454 e. The molecular formula is C20H19NO6. The zero-order valence-electron chi connectivity index (χ0n) is 15.3. The fourth-order valence-electron chi connectivity index (χ4n) is 2.70. The van der Waals surface area contributed by atoms with E-state index in [2.05, 4.69) is 5.32 Å². The van der Waals surface area contributed by atoms with Gasteiger partial charge in [-0.2, -0.15) is 0 Å². The Balaban J connectivity index is 1.69. The molecule has 0 radical (unpaired) electrons. The molecule has 1 heterocycles. The van der Waals surface area contributed by atoms with E-state index in [1.807, 2.05) is 19.9 Å². The molecule has 0 saturated heterocycles. The van der Waals surface area contributed by atoms with Gasteiger partial charge in [0.15, 0.2) is 23.9 Å². The standard InChI is InChI=1S/C20H19NO6/c1-11-5-4-6-14(12(11)2)20(24)25-9-19(23)21-16-8-18-17(26-10-27-18)7-15(16)13(3)22/h4-8H,9-10H2,1-3H3,(H,21,23). The highest BCUT2D eigenvalue weighted by Crippen LogP contribution is 2.37. The first-order valence-electron chi connectivity index (χ1n) is 8.34. The molecule has 0 saturated carbocycles. The second kappa shape index (κ2) is 7.49. The van der Waals surface area contributed by atoms with Crippen molar-refractivity contribution in [2.75, 3.05) is 18.7 Å². The molecule has 3 rings (SSSR count). The number of carbonyl (C=O) groups excluding carboxylic acids is 3. The van der Waals surface area contributed by atoms with E-state index >= 15 is 0 Å². The van der Waals surface area contributed by atoms with E-state index in [1.54, 1.807) is 12.1 Å². The Morgan fingerprint density at radius 3 is 2.48 bits per heavy atom. The smallest absolute Gasteiger partial charge is 0.338 e. The first-order chi connectivity index (χ1) is 12.9. The Kier molecular flexibility index (Phi) is 5.12. The molecule has 1 N–H and O–H groups in total. The van der Waals surface area contributed by atoms with Crippen molar-refractivity contribution in [3.63, 3.8) is 0 Å². The summed E-state index contributed by atoms with van der Waals surface area (Å²) in [6, 6.07) is 8.33. The summed E-state index contributed by atoms with van der Waals surface area (Å²) in [5.41, 5.74) is 2.74. The Morgan fingerprint density at radius 1 is 1.07 bits per heavy atom. The molecule has 27 heavy (non-hydrogen) atoms. The number of fused-ring (bicyclic) bond motifs is 1. The van der Waals surface area contributed by atoms with Crippen molar-refractivity contribution in [3.8, 4) is 11.5 Å². The van der Waals surface area contributed by atoms with Gasteiger partial charge in [-0.1, -0.05) is 12.1 Å². The maximum absolute atomic E-state index is 12.2. The van der Waals surface area contributed by atoms with Crippen molar-refractivity contribution >= 4 is 23.3 Å². The molecule has 0 fully saturated rings. The quantitative estimate of drug-likeness (QED) is 0.643. The summed E-state index contributed by atoms with van der Waals surface area (Å²) in [4.78, 5) is 36.2. The van der Waals surface area contributed by atoms with Crippen LogP contribution in [0.1, 0.15) is 38.8 Å². The monoisotopic (exact) mass is 369 g/mol. The normalized spacial score (nSPS) is 11.8. The highest BCUT2D eigenvalue weighted by Gasteiger charge is 2.21. The number of hydrogen-bond acceptors (Lipinski definition) is 6. The Labute approximate surface area is 156 Å². The van der Waals surface area contributed by atoms with Crippen LogP contribution in [0.2, 0.25) is 0 Å². The number of benzene rings is 2. The van der Waals surface area contributed by atoms with Gasteiger partial charge >= 0.3 is 5.97 Å². The predicted molar refractivity (Wildman–Crippen MR) is 97.4 cm³/mol. The van der Waals surface area contributed by atoms with Gasteiger partial charge in [-0.25, -0.2) is 4.79 Å². The second-order valence-corrected chi connectivity index (χ2v) is 6.18. The number of anilines is 1. The number of aryl methyl sites for hydroxylation is 1. The third-order valence-corrected chi connectivity index (χ3v) is 4.33. The zero-order chi connectivity index (χ0) is 19.6. The average Bonchev–Trinajstić information content (AvgIpc) is 3.08. The van der Waals surface area contributed by atoms with Gasteiger partial charge in [-0.3, -0.25) is 9.59 Å². The van der Waals surface area contributed by atoms with E-state index in [4.69, 9.17) is 14.2 Å². The van der Waals surface area contributed by atoms with E-state index in [0.717, 1.165) is 11.1 Å². The topological polar surface area (TPSA) is 90.9 Å². The van der Waals surface area contributed by atoms with Crippen molar-refractivity contribution in [1.29, 1.82) is 0 Å². The summed E-state index contributed by atoms with van der Waals surface area (Å²) in [5.74, 6) is -0.503. The number of esters is 1. The highest BCUT2D eigenvalue weighted by atomic mass is 16.7. The minimum atomic E-state index is -0.580. The number of hydrogen-bond donors (Lipinski definition) is 1. The molecule has 0 aliphatic carbocycles. The average molecular weight is 369 g/mol. The van der Waals surface area contributed by atoms with Crippen molar-refractivity contribution in [1.82, 2.24) is 0 Å². The number of rotatable bonds is 5. The summed E-state index contributed by atoms with van der Waals surface area (Å²) < 4.78 is 15.6. The van der Waals surface area contributed by atoms with Gasteiger partial charge in [-0.15, -0.1) is 0 Å². The van der Waals surface area contributed by atoms with E-state index in [9.17, 15) is 14.4 Å². The fraction of sp³-hybridized carbons (Fsp3) is 0.250. The molecule has 140 valence electrons. The number of Topliss-reactive ketones (excluding diaryl/α,β-unsaturated/α-hetero) is 1. The molecule has 2 aromatic carbocycles. The number of amides is 1. The lowest BCUT2D eigenvalue weighted by Crippen LogP contribution is -2.22. The summed E-state index contributed by atoms with van der Waals surface area (Å²) in [5, 5.41) is 2.58. The molecule has 1 aliphatic rings. The lowest BCUT2D eigenvalue weighted by Gasteiger charge is -2.12. The zero-order valence-corrected chi connectivity index (χ0v) is 15.3. The molecule has 0 spiro atoms. The molecule has 1 amide bonds. The van der Waals surface area contributed by atoms with Crippen LogP contribution in [0.5, 0.6) is 11.5 Å². The largest absolute Gasteiger partial charge is 0.454 e. The van der Waals surface area contributed by atoms with Crippen LogP contribution in [-0.4, -0.2) is 31.1 Å². The predicted octanol–water partition coefficient (Wildman–Crippen LogP) is 3.03. The summed E-state index contributed by atoms with van der Waals surface area (Å²) in [6.07, 6.45) is 0. The van der Waals surface area contributed by atoms with Crippen LogP contribution in [0.3, 0.4) is 0 Å².